The molecule has 0 spiro atoms. The normalized spacial score (nSPS) is 11.6. The van der Waals surface area contributed by atoms with Crippen LogP contribution >= 0.6 is 58.0 Å². The minimum atomic E-state index is 0.0611. The van der Waals surface area contributed by atoms with Crippen molar-refractivity contribution in [3.63, 3.8) is 0 Å². The molecule has 0 saturated heterocycles. The third-order valence-corrected chi connectivity index (χ3v) is 11.5. The van der Waals surface area contributed by atoms with Crippen molar-refractivity contribution in [2.24, 2.45) is 0 Å². The minimum absolute atomic E-state index is 0.0611. The first kappa shape index (κ1) is 58.0. The molecule has 5 aromatic carbocycles. The van der Waals surface area contributed by atoms with Crippen LogP contribution in [0.5, 0.6) is 17.2 Å². The Labute approximate surface area is 408 Å². The largest absolute Gasteiger partial charge is 0.497 e. The maximum atomic E-state index is 6.17. The average Bonchev–Trinajstić information content (AvgIpc) is 3.14. The summed E-state index contributed by atoms with van der Waals surface area (Å²) in [6.07, 6.45) is 0. The molecular formula is C55H75Cl5O3. The van der Waals surface area contributed by atoms with Crippen molar-refractivity contribution in [3.8, 4) is 17.2 Å². The molecule has 0 aliphatic rings. The number of ether oxygens (including phenoxy) is 3. The topological polar surface area (TPSA) is 27.7 Å². The van der Waals surface area contributed by atoms with Crippen LogP contribution in [0.1, 0.15) is 143 Å². The summed E-state index contributed by atoms with van der Waals surface area (Å²) < 4.78 is 15.4. The fraction of sp³-hybridized carbons (Fsp3) is 0.455. The molecule has 0 radical (unpaired) electrons. The zero-order chi connectivity index (χ0) is 48.9. The summed E-state index contributed by atoms with van der Waals surface area (Å²) in [5.74, 6) is 2.40. The van der Waals surface area contributed by atoms with Crippen LogP contribution in [0.25, 0.3) is 0 Å². The highest BCUT2D eigenvalue weighted by molar-refractivity contribution is 6.33. The summed E-state index contributed by atoms with van der Waals surface area (Å²) >= 11 is 30.4. The molecule has 3 nitrogen and oxygen atoms in total. The van der Waals surface area contributed by atoms with Crippen LogP contribution in [0.15, 0.2) is 91.0 Å². The zero-order valence-corrected chi connectivity index (χ0v) is 45.6. The van der Waals surface area contributed by atoms with E-state index in [1.165, 1.54) is 22.3 Å². The summed E-state index contributed by atoms with van der Waals surface area (Å²) in [5, 5.41) is 3.99. The van der Waals surface area contributed by atoms with Gasteiger partial charge in [0.25, 0.3) is 0 Å². The Morgan fingerprint density at radius 1 is 0.365 bits per heavy atom. The van der Waals surface area contributed by atoms with Crippen molar-refractivity contribution in [1.29, 1.82) is 0 Å². The highest BCUT2D eigenvalue weighted by Crippen LogP contribution is 2.37. The molecule has 8 heteroatoms. The van der Waals surface area contributed by atoms with Crippen molar-refractivity contribution in [2.45, 2.75) is 145 Å². The first-order chi connectivity index (χ1) is 28.7. The summed E-state index contributed by atoms with van der Waals surface area (Å²) in [5.41, 5.74) is 9.10. The van der Waals surface area contributed by atoms with Gasteiger partial charge in [0.2, 0.25) is 0 Å². The van der Waals surface area contributed by atoms with E-state index in [9.17, 15) is 0 Å². The number of rotatable bonds is 3. The fourth-order valence-corrected chi connectivity index (χ4v) is 8.69. The molecule has 5 rings (SSSR count). The smallest absolute Gasteiger partial charge is 0.137 e. The van der Waals surface area contributed by atoms with Crippen LogP contribution < -0.4 is 14.2 Å². The zero-order valence-electron chi connectivity index (χ0n) is 41.8. The maximum Gasteiger partial charge on any atom is 0.137 e. The molecule has 0 saturated carbocycles. The van der Waals surface area contributed by atoms with Gasteiger partial charge in [0.05, 0.1) is 26.4 Å². The molecular weight excluding hydrogens is 886 g/mol. The van der Waals surface area contributed by atoms with Crippen LogP contribution in [0, 0.1) is 13.8 Å². The van der Waals surface area contributed by atoms with Crippen molar-refractivity contribution < 1.29 is 14.2 Å². The third-order valence-electron chi connectivity index (χ3n) is 9.94. The quantitative estimate of drug-likeness (QED) is 0.180. The molecule has 0 N–H and O–H groups in total. The summed E-state index contributed by atoms with van der Waals surface area (Å²) in [7, 11) is 4.94. The van der Waals surface area contributed by atoms with E-state index < -0.39 is 0 Å². The Kier molecular flexibility index (Phi) is 22.5. The molecule has 0 unspecified atom stereocenters. The lowest BCUT2D eigenvalue weighted by atomic mass is 9.84. The Balaban J connectivity index is 0.000000394. The molecule has 0 aliphatic heterocycles. The van der Waals surface area contributed by atoms with Crippen molar-refractivity contribution in [3.05, 3.63) is 155 Å². The van der Waals surface area contributed by atoms with Crippen molar-refractivity contribution in [1.82, 2.24) is 0 Å². The van der Waals surface area contributed by atoms with E-state index in [2.05, 4.69) is 136 Å². The molecule has 0 bridgehead atoms. The van der Waals surface area contributed by atoms with Gasteiger partial charge in [-0.3, -0.25) is 0 Å². The molecule has 0 amide bonds. The second-order valence-electron chi connectivity index (χ2n) is 20.7. The van der Waals surface area contributed by atoms with E-state index in [1.54, 1.807) is 21.3 Å². The van der Waals surface area contributed by atoms with Gasteiger partial charge in [-0.05, 0) is 134 Å². The van der Waals surface area contributed by atoms with Gasteiger partial charge in [0, 0.05) is 20.1 Å². The number of benzene rings is 5. The number of halogens is 5. The maximum absolute atomic E-state index is 6.17. The molecule has 0 aromatic heterocycles. The van der Waals surface area contributed by atoms with Crippen LogP contribution in [-0.2, 0) is 27.1 Å². The molecule has 348 valence electrons. The number of aryl methyl sites for hydroxylation is 2. The SMILES string of the molecule is COc1ccc(C(C)(C)C)c(Cl)c1.COc1ccc(Cl)c(C(C)(C)C)c1.COc1cccc(C(C)(C)C)c1Cl.Cc1ccc(Cl)cc1C(C)(C)C.Cc1cccc(Cl)c1C(C)(C)C. The Hall–Kier alpha value is -3.05. The molecule has 0 atom stereocenters. The fourth-order valence-electron chi connectivity index (χ4n) is 6.67. The Morgan fingerprint density at radius 2 is 0.857 bits per heavy atom. The molecule has 63 heavy (non-hydrogen) atoms. The molecule has 0 heterocycles. The van der Waals surface area contributed by atoms with Gasteiger partial charge < -0.3 is 14.2 Å². The molecule has 5 aromatic rings. The highest BCUT2D eigenvalue weighted by Gasteiger charge is 2.21. The van der Waals surface area contributed by atoms with Crippen LogP contribution in [-0.4, -0.2) is 21.3 Å². The highest BCUT2D eigenvalue weighted by atomic mass is 35.5. The van der Waals surface area contributed by atoms with Crippen LogP contribution in [0.4, 0.5) is 0 Å². The number of hydrogen-bond acceptors (Lipinski definition) is 3. The summed E-state index contributed by atoms with van der Waals surface area (Å²) in [6.45, 7) is 36.6. The van der Waals surface area contributed by atoms with Gasteiger partial charge in [-0.1, -0.05) is 198 Å². The average molecular weight is 961 g/mol. The standard InChI is InChI=1S/3C11H15ClO.2C11H15Cl/c1-11(2,3)9-7-8(13-4)5-6-10(9)12;1-11(2,3)9-6-5-8(13-4)7-10(9)12;1-11(2,3)8-6-5-7-9(13-4)10(8)12;1-8-5-6-9(12)7-10(8)11(2,3)4;1-8-6-5-7-9(12)10(8)11(2,3)4/h3*5-7H,1-4H3;2*5-7H,1-4H3. The van der Waals surface area contributed by atoms with Crippen molar-refractivity contribution in [2.75, 3.05) is 21.3 Å². The van der Waals surface area contributed by atoms with Crippen LogP contribution in [0.3, 0.4) is 0 Å². The lowest BCUT2D eigenvalue weighted by Gasteiger charge is -2.22. The first-order valence-corrected chi connectivity index (χ1v) is 23.1. The van der Waals surface area contributed by atoms with E-state index in [-0.39, 0.29) is 27.1 Å². The van der Waals surface area contributed by atoms with E-state index >= 15 is 0 Å². The van der Waals surface area contributed by atoms with Gasteiger partial charge >= 0.3 is 0 Å². The lowest BCUT2D eigenvalue weighted by Crippen LogP contribution is -2.13. The van der Waals surface area contributed by atoms with Gasteiger partial charge in [-0.2, -0.15) is 0 Å². The van der Waals surface area contributed by atoms with Gasteiger partial charge in [-0.25, -0.2) is 0 Å². The van der Waals surface area contributed by atoms with Gasteiger partial charge in [-0.15, -0.1) is 0 Å². The van der Waals surface area contributed by atoms with Gasteiger partial charge in [0.1, 0.15) is 17.2 Å². The molecule has 0 fully saturated rings. The van der Waals surface area contributed by atoms with E-state index in [1.807, 2.05) is 72.8 Å². The second-order valence-corrected chi connectivity index (χ2v) is 22.7. The Morgan fingerprint density at radius 3 is 1.27 bits per heavy atom. The lowest BCUT2D eigenvalue weighted by molar-refractivity contribution is 0.412. The third kappa shape index (κ3) is 19.1. The Bertz CT molecular complexity index is 2160. The van der Waals surface area contributed by atoms with E-state index in [4.69, 9.17) is 72.2 Å². The van der Waals surface area contributed by atoms with Crippen LogP contribution in [0.2, 0.25) is 25.1 Å². The molecule has 0 aliphatic carbocycles. The second kappa shape index (κ2) is 24.5. The summed E-state index contributed by atoms with van der Waals surface area (Å²) in [4.78, 5) is 0. The van der Waals surface area contributed by atoms with Crippen molar-refractivity contribution >= 4 is 58.0 Å². The number of hydrogen-bond donors (Lipinski definition) is 0. The van der Waals surface area contributed by atoms with E-state index in [0.717, 1.165) is 59.1 Å². The van der Waals surface area contributed by atoms with E-state index in [0.29, 0.717) is 0 Å². The number of methoxy groups -OCH3 is 3. The minimum Gasteiger partial charge on any atom is -0.497 e. The predicted molar refractivity (Wildman–Crippen MR) is 280 cm³/mol. The monoisotopic (exact) mass is 958 g/mol. The summed E-state index contributed by atoms with van der Waals surface area (Å²) in [6, 6.07) is 29.5. The first-order valence-electron chi connectivity index (χ1n) is 21.2. The van der Waals surface area contributed by atoms with Gasteiger partial charge in [0.15, 0.2) is 0 Å². The predicted octanol–water partition coefficient (Wildman–Crippen LogP) is 18.8.